The molecule has 0 bridgehead atoms. The van der Waals surface area contributed by atoms with Crippen LogP contribution in [0, 0.1) is 19.3 Å². The maximum atomic E-state index is 6.58. The van der Waals surface area contributed by atoms with Crippen LogP contribution < -0.4 is 3.32 Å². The minimum atomic E-state index is -1.87. The number of aryl methyl sites for hydroxylation is 2. The normalized spacial score (nSPS) is 13.3. The first kappa shape index (κ1) is 23.7. The molecule has 0 saturated heterocycles. The molecule has 1 aliphatic rings. The van der Waals surface area contributed by atoms with Gasteiger partial charge >= 0.3 is 142 Å². The van der Waals surface area contributed by atoms with Crippen LogP contribution in [0.3, 0.4) is 0 Å². The summed E-state index contributed by atoms with van der Waals surface area (Å²) in [5, 5.41) is 0. The Morgan fingerprint density at radius 1 is 1.00 bits per heavy atom. The van der Waals surface area contributed by atoms with E-state index in [1.165, 1.54) is 20.5 Å². The second-order valence-electron chi connectivity index (χ2n) is 7.50. The van der Waals surface area contributed by atoms with Crippen molar-refractivity contribution in [3.63, 3.8) is 0 Å². The van der Waals surface area contributed by atoms with Crippen molar-refractivity contribution in [2.75, 3.05) is 0 Å². The number of hydrogen-bond donors (Lipinski definition) is 0. The molecule has 0 aromatic heterocycles. The van der Waals surface area contributed by atoms with Crippen molar-refractivity contribution >= 4 is 28.6 Å². The quantitative estimate of drug-likeness (QED) is 0.520. The van der Waals surface area contributed by atoms with Crippen molar-refractivity contribution in [3.8, 4) is 5.75 Å². The molecule has 24 heavy (non-hydrogen) atoms. The average Bonchev–Trinajstić information content (AvgIpc) is 2.83. The molecule has 1 nitrogen and oxygen atoms in total. The van der Waals surface area contributed by atoms with Gasteiger partial charge in [-0.15, -0.1) is 24.8 Å². The fraction of sp³-hybridized carbons (Fsp3) is 0.450. The van der Waals surface area contributed by atoms with Crippen LogP contribution in [-0.4, -0.2) is 3.81 Å². The minimum absolute atomic E-state index is 0. The van der Waals surface area contributed by atoms with Crippen molar-refractivity contribution in [1.29, 1.82) is 0 Å². The Morgan fingerprint density at radius 3 is 2.00 bits per heavy atom. The summed E-state index contributed by atoms with van der Waals surface area (Å²) in [5.74, 6) is 1.04. The summed E-state index contributed by atoms with van der Waals surface area (Å²) in [5.41, 5.74) is 4.24. The van der Waals surface area contributed by atoms with E-state index in [1.54, 1.807) is 3.88 Å². The van der Waals surface area contributed by atoms with E-state index < -0.39 is 17.8 Å². The largest absolute Gasteiger partial charge is 0.147 e. The van der Waals surface area contributed by atoms with Crippen molar-refractivity contribution in [3.05, 3.63) is 50.9 Å². The summed E-state index contributed by atoms with van der Waals surface area (Å²) in [4.78, 5) is 0. The zero-order chi connectivity index (χ0) is 16.5. The smallest absolute Gasteiger partial charge is 0.147 e. The predicted molar refractivity (Wildman–Crippen MR) is 108 cm³/mol. The number of halogens is 2. The average molecular weight is 405 g/mol. The monoisotopic (exact) mass is 404 g/mol. The first-order valence-electron chi connectivity index (χ1n) is 8.02. The third-order valence-corrected chi connectivity index (χ3v) is 7.58. The van der Waals surface area contributed by atoms with Crippen LogP contribution in [0.25, 0.3) is 0 Å². The molecule has 4 heteroatoms. The molecule has 0 fully saturated rings. The number of benzene rings is 1. The predicted octanol–water partition coefficient (Wildman–Crippen LogP) is 6.53. The molecule has 0 unspecified atom stereocenters. The van der Waals surface area contributed by atoms with Crippen LogP contribution in [-0.2, 0) is 17.8 Å². The van der Waals surface area contributed by atoms with Crippen LogP contribution in [0.1, 0.15) is 52.2 Å². The SMILES string of the molecule is C[C](C)=[Ti]([O]c1cc(C)cc(C)c1)[C]1=C(C(C)(C)C)C=CC1.Cl.Cl. The van der Waals surface area contributed by atoms with Crippen LogP contribution in [0.15, 0.2) is 39.8 Å². The molecule has 1 aromatic carbocycles. The summed E-state index contributed by atoms with van der Waals surface area (Å²) in [6.07, 6.45) is 5.69. The van der Waals surface area contributed by atoms with Gasteiger partial charge in [-0.3, -0.25) is 0 Å². The first-order chi connectivity index (χ1) is 10.2. The zero-order valence-electron chi connectivity index (χ0n) is 15.8. The van der Waals surface area contributed by atoms with Crippen LogP contribution in [0.5, 0.6) is 5.75 Å². The molecule has 0 radical (unpaired) electrons. The van der Waals surface area contributed by atoms with Gasteiger partial charge in [0.2, 0.25) is 0 Å². The van der Waals surface area contributed by atoms with E-state index in [0.717, 1.165) is 12.2 Å². The summed E-state index contributed by atoms with van der Waals surface area (Å²) < 4.78 is 9.63. The summed E-state index contributed by atoms with van der Waals surface area (Å²) >= 11 is -1.87. The Bertz CT molecular complexity index is 655. The van der Waals surface area contributed by atoms with Gasteiger partial charge in [0.15, 0.2) is 0 Å². The number of hydrogen-bond acceptors (Lipinski definition) is 1. The molecule has 1 aromatic rings. The molecule has 0 aliphatic heterocycles. The van der Waals surface area contributed by atoms with Crippen molar-refractivity contribution in [2.24, 2.45) is 5.41 Å². The molecule has 0 saturated carbocycles. The summed E-state index contributed by atoms with van der Waals surface area (Å²) in [7, 11) is 0. The van der Waals surface area contributed by atoms with Gasteiger partial charge in [0.05, 0.1) is 0 Å². The fourth-order valence-corrected chi connectivity index (χ4v) is 6.57. The Kier molecular flexibility index (Phi) is 9.25. The van der Waals surface area contributed by atoms with Gasteiger partial charge < -0.3 is 0 Å². The molecule has 2 rings (SSSR count). The minimum Gasteiger partial charge on any atom is -0.147 e. The summed E-state index contributed by atoms with van der Waals surface area (Å²) in [6.45, 7) is 15.7. The zero-order valence-corrected chi connectivity index (χ0v) is 19.0. The van der Waals surface area contributed by atoms with Crippen molar-refractivity contribution < 1.29 is 21.1 Å². The van der Waals surface area contributed by atoms with E-state index in [4.69, 9.17) is 3.32 Å². The Hall–Kier alpha value is -0.336. The van der Waals surface area contributed by atoms with Crippen LogP contribution in [0.2, 0.25) is 0 Å². The van der Waals surface area contributed by atoms with Gasteiger partial charge in [0.1, 0.15) is 0 Å². The fourth-order valence-electron chi connectivity index (χ4n) is 3.00. The van der Waals surface area contributed by atoms with Gasteiger partial charge in [-0.05, 0) is 0 Å². The number of allylic oxidation sites excluding steroid dienone is 4. The summed E-state index contributed by atoms with van der Waals surface area (Å²) in [6, 6.07) is 6.54. The molecule has 0 spiro atoms. The van der Waals surface area contributed by atoms with Gasteiger partial charge in [-0.2, -0.15) is 0 Å². The molecule has 0 atom stereocenters. The van der Waals surface area contributed by atoms with Gasteiger partial charge in [0, 0.05) is 0 Å². The van der Waals surface area contributed by atoms with Crippen molar-refractivity contribution in [2.45, 2.75) is 54.9 Å². The Morgan fingerprint density at radius 2 is 1.54 bits per heavy atom. The third-order valence-electron chi connectivity index (χ3n) is 3.88. The Balaban J connectivity index is 0.00000264. The van der Waals surface area contributed by atoms with Gasteiger partial charge in [-0.25, -0.2) is 0 Å². The van der Waals surface area contributed by atoms with E-state index >= 15 is 0 Å². The topological polar surface area (TPSA) is 9.23 Å². The maximum absolute atomic E-state index is 6.58. The molecule has 0 amide bonds. The molecular formula is C20H30Cl2OTi. The standard InChI is InChI=1S/C9H13.C8H10O.C3H6.2ClH.Ti/c1-9(2,3)8-6-4-5-7-8;1-6-3-7(2)5-8(9)4-6;1-3-2;;;/h4,6H,5H2,1-3H3;3-5,9H,1-2H3;1-2H3;2*1H;/q;;;;;+1/p-1. The molecule has 0 N–H and O–H groups in total. The Labute approximate surface area is 166 Å². The van der Waals surface area contributed by atoms with Crippen LogP contribution >= 0.6 is 24.8 Å². The van der Waals surface area contributed by atoms with Gasteiger partial charge in [0.25, 0.3) is 0 Å². The maximum Gasteiger partial charge on any atom is -0.147 e. The second kappa shape index (κ2) is 9.39. The van der Waals surface area contributed by atoms with Gasteiger partial charge in [-0.1, -0.05) is 0 Å². The van der Waals surface area contributed by atoms with Crippen LogP contribution in [0.4, 0.5) is 0 Å². The third kappa shape index (κ3) is 5.88. The van der Waals surface area contributed by atoms with Crippen molar-refractivity contribution in [1.82, 2.24) is 0 Å². The molecule has 134 valence electrons. The first-order valence-corrected chi connectivity index (χ1v) is 10.2. The molecule has 0 heterocycles. The van der Waals surface area contributed by atoms with E-state index in [0.29, 0.717) is 0 Å². The van der Waals surface area contributed by atoms with E-state index in [1.807, 2.05) is 0 Å². The van der Waals surface area contributed by atoms with E-state index in [2.05, 4.69) is 78.8 Å². The van der Waals surface area contributed by atoms with E-state index in [9.17, 15) is 0 Å². The molecular weight excluding hydrogens is 375 g/mol. The number of rotatable bonds is 3. The molecule has 1 aliphatic carbocycles. The second-order valence-corrected chi connectivity index (χ2v) is 11.4. The van der Waals surface area contributed by atoms with E-state index in [-0.39, 0.29) is 30.2 Å².